The summed E-state index contributed by atoms with van der Waals surface area (Å²) in [4.78, 5) is 12.0. The van der Waals surface area contributed by atoms with E-state index in [0.29, 0.717) is 17.8 Å². The molecule has 0 atom stereocenters. The van der Waals surface area contributed by atoms with Crippen LogP contribution in [0.15, 0.2) is 103 Å². The summed E-state index contributed by atoms with van der Waals surface area (Å²) < 4.78 is 6.93. The molecule has 0 bridgehead atoms. The first-order chi connectivity index (χ1) is 23.8. The van der Waals surface area contributed by atoms with E-state index in [9.17, 15) is 0 Å². The van der Waals surface area contributed by atoms with Gasteiger partial charge in [0.25, 0.3) is 0 Å². The minimum absolute atomic E-state index is 0.0587. The lowest BCUT2D eigenvalue weighted by molar-refractivity contribution is 0.272. The van der Waals surface area contributed by atoms with E-state index in [1.165, 1.54) is 39.3 Å². The van der Waals surface area contributed by atoms with E-state index in [0.717, 1.165) is 35.4 Å². The SMILES string of the molecule is CC(C)c1ccnc(N2c3ccccc3C(C(C)C)(C(C)C)c3ccc(Oc4cc(N5CN(C)c6ccccc65)cc(C(C)(C)C)c4)cc32)c1. The lowest BCUT2D eigenvalue weighted by atomic mass is 9.58. The van der Waals surface area contributed by atoms with Crippen molar-refractivity contribution in [2.45, 2.75) is 79.1 Å². The fourth-order valence-corrected chi connectivity index (χ4v) is 8.44. The van der Waals surface area contributed by atoms with Crippen LogP contribution in [0, 0.1) is 11.8 Å². The molecule has 2 aliphatic rings. The summed E-state index contributed by atoms with van der Waals surface area (Å²) in [7, 11) is 2.15. The van der Waals surface area contributed by atoms with Gasteiger partial charge in [-0.1, -0.05) is 98.7 Å². The maximum atomic E-state index is 6.93. The van der Waals surface area contributed by atoms with Crippen molar-refractivity contribution < 1.29 is 4.74 Å². The number of anilines is 6. The van der Waals surface area contributed by atoms with Crippen LogP contribution in [0.2, 0.25) is 0 Å². The number of hydrogen-bond donors (Lipinski definition) is 0. The van der Waals surface area contributed by atoms with E-state index in [4.69, 9.17) is 9.72 Å². The third kappa shape index (κ3) is 5.52. The van der Waals surface area contributed by atoms with Crippen molar-refractivity contribution >= 4 is 34.3 Å². The molecule has 5 nitrogen and oxygen atoms in total. The molecule has 0 radical (unpaired) electrons. The number of aromatic nitrogens is 1. The van der Waals surface area contributed by atoms with E-state index >= 15 is 0 Å². The zero-order chi connectivity index (χ0) is 35.5. The smallest absolute Gasteiger partial charge is 0.137 e. The van der Waals surface area contributed by atoms with Crippen molar-refractivity contribution in [3.8, 4) is 11.5 Å². The van der Waals surface area contributed by atoms with Gasteiger partial charge >= 0.3 is 0 Å². The number of hydrogen-bond acceptors (Lipinski definition) is 5. The number of para-hydroxylation sites is 3. The molecule has 0 saturated carbocycles. The van der Waals surface area contributed by atoms with Gasteiger partial charge < -0.3 is 14.5 Å². The largest absolute Gasteiger partial charge is 0.457 e. The lowest BCUT2D eigenvalue weighted by Gasteiger charge is -2.50. The fourth-order valence-electron chi connectivity index (χ4n) is 8.44. The zero-order valence-electron chi connectivity index (χ0n) is 31.5. The predicted octanol–water partition coefficient (Wildman–Crippen LogP) is 12.2. The molecule has 2 aliphatic heterocycles. The third-order valence-corrected chi connectivity index (χ3v) is 11.0. The molecule has 258 valence electrons. The molecule has 4 aromatic carbocycles. The van der Waals surface area contributed by atoms with Crippen molar-refractivity contribution in [1.29, 1.82) is 0 Å². The summed E-state index contributed by atoms with van der Waals surface area (Å²) in [5.41, 5.74) is 10.8. The van der Waals surface area contributed by atoms with Gasteiger partial charge in [-0.05, 0) is 94.0 Å². The zero-order valence-corrected chi connectivity index (χ0v) is 31.5. The minimum atomic E-state index is -0.189. The number of pyridine rings is 1. The van der Waals surface area contributed by atoms with Crippen molar-refractivity contribution in [2.75, 3.05) is 28.4 Å². The summed E-state index contributed by atoms with van der Waals surface area (Å²) in [5, 5.41) is 0. The second-order valence-corrected chi connectivity index (χ2v) is 16.1. The van der Waals surface area contributed by atoms with Gasteiger partial charge in [-0.3, -0.25) is 4.90 Å². The van der Waals surface area contributed by atoms with Crippen molar-refractivity contribution in [1.82, 2.24) is 4.98 Å². The van der Waals surface area contributed by atoms with Gasteiger partial charge in [0.2, 0.25) is 0 Å². The minimum Gasteiger partial charge on any atom is -0.457 e. The molecule has 50 heavy (non-hydrogen) atoms. The van der Waals surface area contributed by atoms with E-state index in [1.54, 1.807) is 0 Å². The standard InChI is InChI=1S/C45H52N4O/c1-29(2)32-21-22-46-43(23-32)49-39-16-12-11-15-37(39)45(30(3)4,31(5)6)38-20-19-35(27-42(38)49)50-36-25-33(44(7,8)9)24-34(26-36)48-28-47(10)40-17-13-14-18-41(40)48/h11-27,29-31H,28H2,1-10H3. The number of rotatable bonds is 7. The summed E-state index contributed by atoms with van der Waals surface area (Å²) in [6.07, 6.45) is 1.95. The molecule has 5 aromatic rings. The van der Waals surface area contributed by atoms with E-state index in [1.807, 2.05) is 6.20 Å². The molecule has 3 heterocycles. The summed E-state index contributed by atoms with van der Waals surface area (Å²) in [6, 6.07) is 35.4. The molecule has 0 fully saturated rings. The molecule has 1 aromatic heterocycles. The normalized spacial score (nSPS) is 15.1. The Bertz CT molecular complexity index is 2030. The van der Waals surface area contributed by atoms with Crippen LogP contribution in [0.3, 0.4) is 0 Å². The first kappa shape index (κ1) is 33.7. The van der Waals surface area contributed by atoms with Gasteiger partial charge in [0.1, 0.15) is 17.3 Å². The Hall–Kier alpha value is -4.77. The summed E-state index contributed by atoms with van der Waals surface area (Å²) in [6.45, 7) is 21.5. The summed E-state index contributed by atoms with van der Waals surface area (Å²) >= 11 is 0. The van der Waals surface area contributed by atoms with Gasteiger partial charge in [0.05, 0.1) is 29.4 Å². The highest BCUT2D eigenvalue weighted by Gasteiger charge is 2.48. The maximum Gasteiger partial charge on any atom is 0.137 e. The highest BCUT2D eigenvalue weighted by molar-refractivity contribution is 5.86. The van der Waals surface area contributed by atoms with Crippen LogP contribution >= 0.6 is 0 Å². The average molecular weight is 665 g/mol. The maximum absolute atomic E-state index is 6.93. The Morgan fingerprint density at radius 2 is 1.34 bits per heavy atom. The van der Waals surface area contributed by atoms with Gasteiger partial charge in [-0.2, -0.15) is 0 Å². The summed E-state index contributed by atoms with van der Waals surface area (Å²) in [5.74, 6) is 3.68. The first-order valence-electron chi connectivity index (χ1n) is 18.2. The molecule has 0 aliphatic carbocycles. The average Bonchev–Trinajstić information content (AvgIpc) is 3.42. The van der Waals surface area contributed by atoms with Gasteiger partial charge in [-0.15, -0.1) is 0 Å². The van der Waals surface area contributed by atoms with Crippen molar-refractivity contribution in [3.05, 3.63) is 126 Å². The second-order valence-electron chi connectivity index (χ2n) is 16.1. The van der Waals surface area contributed by atoms with E-state index in [-0.39, 0.29) is 10.8 Å². The highest BCUT2D eigenvalue weighted by atomic mass is 16.5. The van der Waals surface area contributed by atoms with Crippen molar-refractivity contribution in [2.24, 2.45) is 11.8 Å². The highest BCUT2D eigenvalue weighted by Crippen LogP contribution is 2.58. The quantitative estimate of drug-likeness (QED) is 0.173. The van der Waals surface area contributed by atoms with Crippen LogP contribution in [0.4, 0.5) is 34.3 Å². The Morgan fingerprint density at radius 3 is 2.02 bits per heavy atom. The van der Waals surface area contributed by atoms with Crippen LogP contribution in [-0.2, 0) is 10.8 Å². The van der Waals surface area contributed by atoms with Crippen molar-refractivity contribution in [3.63, 3.8) is 0 Å². The first-order valence-corrected chi connectivity index (χ1v) is 18.2. The molecular weight excluding hydrogens is 613 g/mol. The second kappa shape index (κ2) is 12.5. The van der Waals surface area contributed by atoms with E-state index < -0.39 is 0 Å². The number of nitrogens with zero attached hydrogens (tertiary/aromatic N) is 4. The molecule has 0 spiro atoms. The number of benzene rings is 4. The Kier molecular flexibility index (Phi) is 8.45. The van der Waals surface area contributed by atoms with Crippen LogP contribution < -0.4 is 19.4 Å². The van der Waals surface area contributed by atoms with Gasteiger partial charge in [0, 0.05) is 36.5 Å². The molecular formula is C45H52N4O. The number of ether oxygens (including phenoxy) is 1. The molecule has 0 saturated heterocycles. The van der Waals surface area contributed by atoms with Crippen LogP contribution in [0.1, 0.15) is 90.5 Å². The molecule has 7 rings (SSSR count). The van der Waals surface area contributed by atoms with Gasteiger partial charge in [0.15, 0.2) is 0 Å². The molecule has 0 amide bonds. The Morgan fingerprint density at radius 1 is 0.680 bits per heavy atom. The molecule has 5 heteroatoms. The van der Waals surface area contributed by atoms with E-state index in [2.05, 4.69) is 181 Å². The Balaban J connectivity index is 1.39. The van der Waals surface area contributed by atoms with Crippen LogP contribution in [-0.4, -0.2) is 18.7 Å². The van der Waals surface area contributed by atoms with Crippen LogP contribution in [0.25, 0.3) is 0 Å². The Labute approximate surface area is 299 Å². The third-order valence-electron chi connectivity index (χ3n) is 11.0. The number of fused-ring (bicyclic) bond motifs is 3. The van der Waals surface area contributed by atoms with Gasteiger partial charge in [-0.25, -0.2) is 4.98 Å². The molecule has 0 N–H and O–H groups in total. The van der Waals surface area contributed by atoms with Crippen LogP contribution in [0.5, 0.6) is 11.5 Å². The predicted molar refractivity (Wildman–Crippen MR) is 211 cm³/mol. The monoisotopic (exact) mass is 664 g/mol. The molecule has 0 unspecified atom stereocenters. The topological polar surface area (TPSA) is 31.8 Å². The lowest BCUT2D eigenvalue weighted by Crippen LogP contribution is -2.44. The fraction of sp³-hybridized carbons (Fsp3) is 0.356.